The summed E-state index contributed by atoms with van der Waals surface area (Å²) < 4.78 is 16.7. The van der Waals surface area contributed by atoms with Crippen molar-refractivity contribution in [3.05, 3.63) is 36.5 Å². The van der Waals surface area contributed by atoms with Crippen LogP contribution in [0.4, 0.5) is 0 Å². The average Bonchev–Trinajstić information content (AvgIpc) is 3.34. The van der Waals surface area contributed by atoms with Crippen molar-refractivity contribution in [3.63, 3.8) is 0 Å². The zero-order valence-corrected chi connectivity index (χ0v) is 44.3. The van der Waals surface area contributed by atoms with Gasteiger partial charge in [-0.05, 0) is 57.8 Å². The molecule has 0 radical (unpaired) electrons. The van der Waals surface area contributed by atoms with E-state index in [1.807, 2.05) is 6.08 Å². The molecule has 1 amide bonds. The number of carbonyl (C=O) groups excluding carboxylic acids is 2. The first-order valence-electron chi connectivity index (χ1n) is 28.8. The summed E-state index contributed by atoms with van der Waals surface area (Å²) in [5.74, 6) is -0.212. The van der Waals surface area contributed by atoms with E-state index in [0.29, 0.717) is 19.4 Å². The van der Waals surface area contributed by atoms with Gasteiger partial charge in [-0.15, -0.1) is 0 Å². The molecule has 1 aliphatic rings. The maximum atomic E-state index is 13.0. The molecule has 0 aromatic carbocycles. The van der Waals surface area contributed by atoms with Crippen molar-refractivity contribution in [2.45, 2.75) is 301 Å². The molecule has 6 N–H and O–H groups in total. The molecule has 11 nitrogen and oxygen atoms in total. The minimum Gasteiger partial charge on any atom is -0.466 e. The van der Waals surface area contributed by atoms with Crippen LogP contribution in [-0.4, -0.2) is 100 Å². The Balaban J connectivity index is 2.03. The van der Waals surface area contributed by atoms with E-state index in [-0.39, 0.29) is 18.5 Å². The number of allylic oxidation sites excluding steroid dienone is 5. The summed E-state index contributed by atoms with van der Waals surface area (Å²) in [7, 11) is 0. The minimum absolute atomic E-state index is 0.0236. The lowest BCUT2D eigenvalue weighted by Crippen LogP contribution is -2.60. The van der Waals surface area contributed by atoms with Gasteiger partial charge in [0.2, 0.25) is 5.91 Å². The van der Waals surface area contributed by atoms with E-state index in [1.54, 1.807) is 6.08 Å². The zero-order chi connectivity index (χ0) is 50.3. The predicted octanol–water partition coefficient (Wildman–Crippen LogP) is 12.7. The Kier molecular flexibility index (Phi) is 45.3. The Hall–Kier alpha value is -2.12. The summed E-state index contributed by atoms with van der Waals surface area (Å²) in [4.78, 5) is 25.0. The summed E-state index contributed by atoms with van der Waals surface area (Å²) in [5, 5.41) is 54.2. The molecular formula is C58H107NO10. The first-order chi connectivity index (χ1) is 33.7. The molecule has 0 bridgehead atoms. The third-order valence-corrected chi connectivity index (χ3v) is 13.5. The van der Waals surface area contributed by atoms with Gasteiger partial charge in [-0.1, -0.05) is 224 Å². The topological polar surface area (TPSA) is 175 Å². The number of ether oxygens (including phenoxy) is 3. The van der Waals surface area contributed by atoms with Crippen LogP contribution in [0.3, 0.4) is 0 Å². The van der Waals surface area contributed by atoms with Gasteiger partial charge in [0.1, 0.15) is 24.4 Å². The first kappa shape index (κ1) is 64.9. The number of unbranched alkanes of at least 4 members (excludes halogenated alkanes) is 31. The normalized spacial score (nSPS) is 19.6. The summed E-state index contributed by atoms with van der Waals surface area (Å²) in [6.45, 7) is 4.25. The maximum absolute atomic E-state index is 13.0. The lowest BCUT2D eigenvalue weighted by atomic mass is 9.99. The molecule has 404 valence electrons. The Morgan fingerprint density at radius 3 is 1.51 bits per heavy atom. The summed E-state index contributed by atoms with van der Waals surface area (Å²) >= 11 is 0. The van der Waals surface area contributed by atoms with Crippen LogP contribution in [0.25, 0.3) is 0 Å². The number of hydrogen-bond donors (Lipinski definition) is 6. The third-order valence-electron chi connectivity index (χ3n) is 13.5. The van der Waals surface area contributed by atoms with Crippen LogP contribution in [0.1, 0.15) is 258 Å². The lowest BCUT2D eigenvalue weighted by Gasteiger charge is -2.40. The van der Waals surface area contributed by atoms with E-state index in [1.165, 1.54) is 154 Å². The van der Waals surface area contributed by atoms with Crippen molar-refractivity contribution in [1.29, 1.82) is 0 Å². The molecule has 0 aliphatic carbocycles. The van der Waals surface area contributed by atoms with Crippen molar-refractivity contribution >= 4 is 11.9 Å². The standard InChI is InChI=1S/C58H107NO10/c1-3-5-7-9-11-13-14-15-23-26-30-34-38-42-46-54(63)67-47-43-39-35-31-27-24-21-19-17-16-18-20-22-25-29-33-37-41-45-53(62)59-50(51(61)44-40-36-32-28-12-10-8-6-4-2)49-68-58-57(66)56(65)55(64)52(48-60)69-58/h9,11,14-15,40,44,50-52,55-58,60-61,64-66H,3-8,10,12-13,16-39,41-43,45-49H2,1-2H3,(H,59,62)/b11-9-,15-14-,44-40+. The van der Waals surface area contributed by atoms with Crippen molar-refractivity contribution < 1.29 is 49.3 Å². The molecule has 7 unspecified atom stereocenters. The third kappa shape index (κ3) is 38.2. The molecule has 0 aromatic rings. The van der Waals surface area contributed by atoms with Gasteiger partial charge in [0.15, 0.2) is 6.29 Å². The fraction of sp³-hybridized carbons (Fsp3) is 0.862. The minimum atomic E-state index is -1.57. The van der Waals surface area contributed by atoms with E-state index in [2.05, 4.69) is 43.5 Å². The number of nitrogens with one attached hydrogen (secondary N) is 1. The highest BCUT2D eigenvalue weighted by atomic mass is 16.7. The highest BCUT2D eigenvalue weighted by Gasteiger charge is 2.44. The van der Waals surface area contributed by atoms with Gasteiger partial charge in [0.05, 0.1) is 32.0 Å². The van der Waals surface area contributed by atoms with Gasteiger partial charge >= 0.3 is 5.97 Å². The van der Waals surface area contributed by atoms with E-state index in [4.69, 9.17) is 14.2 Å². The van der Waals surface area contributed by atoms with Crippen LogP contribution >= 0.6 is 0 Å². The van der Waals surface area contributed by atoms with Crippen LogP contribution in [0.15, 0.2) is 36.5 Å². The lowest BCUT2D eigenvalue weighted by molar-refractivity contribution is -0.302. The fourth-order valence-electron chi connectivity index (χ4n) is 8.86. The zero-order valence-electron chi connectivity index (χ0n) is 44.3. The van der Waals surface area contributed by atoms with Gasteiger partial charge in [-0.2, -0.15) is 0 Å². The molecule has 0 saturated carbocycles. The molecule has 1 rings (SSSR count). The number of rotatable bonds is 49. The molecule has 1 aliphatic heterocycles. The van der Waals surface area contributed by atoms with Crippen LogP contribution in [0.5, 0.6) is 0 Å². The van der Waals surface area contributed by atoms with Gasteiger partial charge < -0.3 is 45.1 Å². The van der Waals surface area contributed by atoms with Crippen LogP contribution in [0, 0.1) is 0 Å². The van der Waals surface area contributed by atoms with E-state index in [9.17, 15) is 35.1 Å². The second-order valence-corrected chi connectivity index (χ2v) is 20.0. The van der Waals surface area contributed by atoms with Crippen molar-refractivity contribution in [2.75, 3.05) is 19.8 Å². The number of aliphatic hydroxyl groups excluding tert-OH is 5. The van der Waals surface area contributed by atoms with E-state index < -0.39 is 49.5 Å². The fourth-order valence-corrected chi connectivity index (χ4v) is 8.86. The quantitative estimate of drug-likeness (QED) is 0.0196. The van der Waals surface area contributed by atoms with E-state index in [0.717, 1.165) is 77.0 Å². The molecule has 1 fully saturated rings. The van der Waals surface area contributed by atoms with Crippen LogP contribution in [-0.2, 0) is 23.8 Å². The Bertz CT molecular complexity index is 1240. The molecule has 1 heterocycles. The van der Waals surface area contributed by atoms with Crippen LogP contribution < -0.4 is 5.32 Å². The summed E-state index contributed by atoms with van der Waals surface area (Å²) in [6.07, 6.45) is 48.1. The maximum Gasteiger partial charge on any atom is 0.305 e. The highest BCUT2D eigenvalue weighted by molar-refractivity contribution is 5.76. The van der Waals surface area contributed by atoms with Gasteiger partial charge in [0, 0.05) is 12.8 Å². The molecular weight excluding hydrogens is 871 g/mol. The summed E-state index contributed by atoms with van der Waals surface area (Å²) in [5.41, 5.74) is 0. The number of amides is 1. The Labute approximate surface area is 422 Å². The number of carbonyl (C=O) groups is 2. The van der Waals surface area contributed by atoms with Crippen molar-refractivity contribution in [2.24, 2.45) is 0 Å². The predicted molar refractivity (Wildman–Crippen MR) is 283 cm³/mol. The second kappa shape index (κ2) is 48.2. The van der Waals surface area contributed by atoms with Gasteiger partial charge in [-0.25, -0.2) is 0 Å². The summed E-state index contributed by atoms with van der Waals surface area (Å²) in [6, 6.07) is -0.812. The average molecular weight is 978 g/mol. The first-order valence-corrected chi connectivity index (χ1v) is 28.8. The van der Waals surface area contributed by atoms with Gasteiger partial charge in [0.25, 0.3) is 0 Å². The molecule has 69 heavy (non-hydrogen) atoms. The molecule has 0 aromatic heterocycles. The second-order valence-electron chi connectivity index (χ2n) is 20.0. The smallest absolute Gasteiger partial charge is 0.305 e. The molecule has 0 spiro atoms. The van der Waals surface area contributed by atoms with E-state index >= 15 is 0 Å². The SMILES string of the molecule is CCCC/C=C\C/C=C\CCCCCCCC(=O)OCCCCCCCCCCCCCCCCCCCCC(=O)NC(COC1OC(CO)C(O)C(O)C1O)C(O)/C=C/CCCCCCCCC. The monoisotopic (exact) mass is 978 g/mol. The van der Waals surface area contributed by atoms with Crippen molar-refractivity contribution in [3.8, 4) is 0 Å². The molecule has 11 heteroatoms. The Morgan fingerprint density at radius 2 is 0.986 bits per heavy atom. The largest absolute Gasteiger partial charge is 0.466 e. The number of esters is 1. The highest BCUT2D eigenvalue weighted by Crippen LogP contribution is 2.23. The van der Waals surface area contributed by atoms with Crippen molar-refractivity contribution in [1.82, 2.24) is 5.32 Å². The van der Waals surface area contributed by atoms with Gasteiger partial charge in [-0.3, -0.25) is 9.59 Å². The number of hydrogen-bond acceptors (Lipinski definition) is 10. The Morgan fingerprint density at radius 1 is 0.536 bits per heavy atom. The molecule has 1 saturated heterocycles. The number of aliphatic hydroxyl groups is 5. The molecule has 7 atom stereocenters. The van der Waals surface area contributed by atoms with Crippen LogP contribution in [0.2, 0.25) is 0 Å².